The van der Waals surface area contributed by atoms with Crippen molar-refractivity contribution in [2.75, 3.05) is 0 Å². The van der Waals surface area contributed by atoms with Crippen molar-refractivity contribution >= 4 is 16.9 Å². The van der Waals surface area contributed by atoms with Crippen molar-refractivity contribution in [3.05, 3.63) is 52.1 Å². The first-order chi connectivity index (χ1) is 10.5. The van der Waals surface area contributed by atoms with Crippen molar-refractivity contribution in [1.29, 1.82) is 0 Å². The topological polar surface area (TPSA) is 90.0 Å². The fourth-order valence-corrected chi connectivity index (χ4v) is 2.47. The van der Waals surface area contributed by atoms with E-state index in [0.29, 0.717) is 22.3 Å². The number of benzene rings is 1. The Balaban J connectivity index is 2.31. The minimum atomic E-state index is -1.11. The van der Waals surface area contributed by atoms with Crippen LogP contribution in [0.4, 0.5) is 0 Å². The van der Waals surface area contributed by atoms with E-state index in [1.165, 1.54) is 0 Å². The molecular weight excluding hydrogens is 284 g/mol. The molecule has 0 aliphatic carbocycles. The van der Waals surface area contributed by atoms with Gasteiger partial charge in [-0.05, 0) is 26.0 Å². The SMILES string of the molecule is Cc1nn(CC(=O)O)c(=O)c2c(C)n(-c3ccccc3)nc12. The van der Waals surface area contributed by atoms with Gasteiger partial charge in [-0.2, -0.15) is 10.2 Å². The van der Waals surface area contributed by atoms with Crippen LogP contribution in [0.15, 0.2) is 35.1 Å². The summed E-state index contributed by atoms with van der Waals surface area (Å²) in [6.45, 7) is 3.03. The molecular formula is C15H14N4O3. The molecule has 0 saturated heterocycles. The number of rotatable bonds is 3. The molecule has 0 fully saturated rings. The van der Waals surface area contributed by atoms with E-state index in [9.17, 15) is 9.59 Å². The maximum atomic E-state index is 12.5. The van der Waals surface area contributed by atoms with E-state index < -0.39 is 18.1 Å². The van der Waals surface area contributed by atoms with Crippen LogP contribution in [0.1, 0.15) is 11.4 Å². The number of para-hydroxylation sites is 1. The molecule has 0 aliphatic heterocycles. The highest BCUT2D eigenvalue weighted by atomic mass is 16.4. The predicted octanol–water partition coefficient (Wildman–Crippen LogP) is 1.28. The van der Waals surface area contributed by atoms with Gasteiger partial charge < -0.3 is 5.11 Å². The summed E-state index contributed by atoms with van der Waals surface area (Å²) < 4.78 is 2.63. The Hall–Kier alpha value is -2.96. The van der Waals surface area contributed by atoms with E-state index in [2.05, 4.69) is 10.2 Å². The first-order valence-corrected chi connectivity index (χ1v) is 6.73. The number of carbonyl (C=O) groups is 1. The minimum Gasteiger partial charge on any atom is -0.480 e. The number of aliphatic carboxylic acids is 1. The number of hydrogen-bond acceptors (Lipinski definition) is 4. The lowest BCUT2D eigenvalue weighted by Crippen LogP contribution is -2.27. The Morgan fingerprint density at radius 2 is 1.86 bits per heavy atom. The van der Waals surface area contributed by atoms with Crippen molar-refractivity contribution in [1.82, 2.24) is 19.6 Å². The van der Waals surface area contributed by atoms with Gasteiger partial charge in [0.1, 0.15) is 12.1 Å². The number of aryl methyl sites for hydroxylation is 2. The molecule has 1 N–H and O–H groups in total. The monoisotopic (exact) mass is 298 g/mol. The van der Waals surface area contributed by atoms with Crippen LogP contribution in [-0.4, -0.2) is 30.6 Å². The molecule has 1 aromatic carbocycles. The van der Waals surface area contributed by atoms with Crippen molar-refractivity contribution < 1.29 is 9.90 Å². The van der Waals surface area contributed by atoms with Crippen molar-refractivity contribution in [3.63, 3.8) is 0 Å². The van der Waals surface area contributed by atoms with Gasteiger partial charge in [-0.25, -0.2) is 9.36 Å². The summed E-state index contributed by atoms with van der Waals surface area (Å²) in [5, 5.41) is 17.8. The Morgan fingerprint density at radius 1 is 1.18 bits per heavy atom. The quantitative estimate of drug-likeness (QED) is 0.786. The van der Waals surface area contributed by atoms with E-state index in [1.54, 1.807) is 18.5 Å². The highest BCUT2D eigenvalue weighted by Crippen LogP contribution is 2.19. The molecule has 0 atom stereocenters. The second-order valence-corrected chi connectivity index (χ2v) is 5.00. The second kappa shape index (κ2) is 5.10. The minimum absolute atomic E-state index is 0.401. The van der Waals surface area contributed by atoms with Crippen LogP contribution >= 0.6 is 0 Å². The number of hydrogen-bond donors (Lipinski definition) is 1. The summed E-state index contributed by atoms with van der Waals surface area (Å²) in [6, 6.07) is 9.44. The Bertz CT molecular complexity index is 925. The molecule has 7 heteroatoms. The zero-order valence-electron chi connectivity index (χ0n) is 12.1. The summed E-state index contributed by atoms with van der Waals surface area (Å²) in [6.07, 6.45) is 0. The zero-order valence-corrected chi connectivity index (χ0v) is 12.1. The molecule has 3 aromatic rings. The van der Waals surface area contributed by atoms with Gasteiger partial charge in [0.2, 0.25) is 0 Å². The molecule has 0 radical (unpaired) electrons. The lowest BCUT2D eigenvalue weighted by molar-refractivity contribution is -0.138. The van der Waals surface area contributed by atoms with Gasteiger partial charge in [0, 0.05) is 0 Å². The summed E-state index contributed by atoms with van der Waals surface area (Å²) in [5.74, 6) is -1.11. The molecule has 0 amide bonds. The third-order valence-corrected chi connectivity index (χ3v) is 3.46. The van der Waals surface area contributed by atoms with E-state index in [0.717, 1.165) is 10.4 Å². The number of nitrogens with zero attached hydrogens (tertiary/aromatic N) is 4. The van der Waals surface area contributed by atoms with Gasteiger partial charge in [0.15, 0.2) is 0 Å². The van der Waals surface area contributed by atoms with Crippen LogP contribution in [0.2, 0.25) is 0 Å². The number of fused-ring (bicyclic) bond motifs is 1. The third-order valence-electron chi connectivity index (χ3n) is 3.46. The van der Waals surface area contributed by atoms with E-state index in [1.807, 2.05) is 30.3 Å². The molecule has 0 aliphatic rings. The summed E-state index contributed by atoms with van der Waals surface area (Å²) in [7, 11) is 0. The first kappa shape index (κ1) is 14.0. The van der Waals surface area contributed by atoms with Crippen LogP contribution in [0, 0.1) is 13.8 Å². The van der Waals surface area contributed by atoms with Gasteiger partial charge in [0.25, 0.3) is 5.56 Å². The Labute approximate surface area is 125 Å². The summed E-state index contributed by atoms with van der Waals surface area (Å²) in [5.41, 5.74) is 2.07. The van der Waals surface area contributed by atoms with E-state index in [4.69, 9.17) is 5.11 Å². The highest BCUT2D eigenvalue weighted by Gasteiger charge is 2.18. The molecule has 0 spiro atoms. The smallest absolute Gasteiger partial charge is 0.325 e. The van der Waals surface area contributed by atoms with E-state index >= 15 is 0 Å². The van der Waals surface area contributed by atoms with Crippen LogP contribution in [0.5, 0.6) is 0 Å². The molecule has 2 heterocycles. The Morgan fingerprint density at radius 3 is 2.50 bits per heavy atom. The average molecular weight is 298 g/mol. The number of carboxylic acid groups (broad SMARTS) is 1. The van der Waals surface area contributed by atoms with Crippen LogP contribution in [0.3, 0.4) is 0 Å². The van der Waals surface area contributed by atoms with Gasteiger partial charge >= 0.3 is 5.97 Å². The molecule has 2 aromatic heterocycles. The third kappa shape index (κ3) is 2.16. The van der Waals surface area contributed by atoms with Crippen LogP contribution < -0.4 is 5.56 Å². The van der Waals surface area contributed by atoms with Crippen molar-refractivity contribution in [3.8, 4) is 5.69 Å². The average Bonchev–Trinajstić information content (AvgIpc) is 2.83. The lowest BCUT2D eigenvalue weighted by Gasteiger charge is -2.03. The van der Waals surface area contributed by atoms with Crippen LogP contribution in [0.25, 0.3) is 16.6 Å². The first-order valence-electron chi connectivity index (χ1n) is 6.73. The van der Waals surface area contributed by atoms with Gasteiger partial charge in [0.05, 0.1) is 22.5 Å². The molecule has 0 unspecified atom stereocenters. The maximum Gasteiger partial charge on any atom is 0.325 e. The van der Waals surface area contributed by atoms with Gasteiger partial charge in [-0.1, -0.05) is 18.2 Å². The fourth-order valence-electron chi connectivity index (χ4n) is 2.47. The number of aromatic nitrogens is 4. The van der Waals surface area contributed by atoms with Gasteiger partial charge in [-0.15, -0.1) is 0 Å². The maximum absolute atomic E-state index is 12.5. The Kier molecular flexibility index (Phi) is 3.25. The fraction of sp³-hybridized carbons (Fsp3) is 0.200. The normalized spacial score (nSPS) is 11.0. The molecule has 0 saturated carbocycles. The summed E-state index contributed by atoms with van der Waals surface area (Å²) in [4.78, 5) is 23.3. The van der Waals surface area contributed by atoms with Crippen LogP contribution in [-0.2, 0) is 11.3 Å². The lowest BCUT2D eigenvalue weighted by atomic mass is 10.2. The zero-order chi connectivity index (χ0) is 15.9. The highest BCUT2D eigenvalue weighted by molar-refractivity contribution is 5.83. The largest absolute Gasteiger partial charge is 0.480 e. The molecule has 3 rings (SSSR count). The molecule has 22 heavy (non-hydrogen) atoms. The van der Waals surface area contributed by atoms with Crippen molar-refractivity contribution in [2.24, 2.45) is 0 Å². The predicted molar refractivity (Wildman–Crippen MR) is 80.2 cm³/mol. The standard InChI is InChI=1S/C15H14N4O3/c1-9-14-13(15(22)18(16-9)8-12(20)21)10(2)19(17-14)11-6-4-3-5-7-11/h3-7H,8H2,1-2H3,(H,20,21). The van der Waals surface area contributed by atoms with E-state index in [-0.39, 0.29) is 0 Å². The molecule has 0 bridgehead atoms. The molecule has 112 valence electrons. The van der Waals surface area contributed by atoms with Gasteiger partial charge in [-0.3, -0.25) is 9.59 Å². The second-order valence-electron chi connectivity index (χ2n) is 5.00. The van der Waals surface area contributed by atoms with Crippen molar-refractivity contribution in [2.45, 2.75) is 20.4 Å². The summed E-state index contributed by atoms with van der Waals surface area (Å²) >= 11 is 0. The number of carboxylic acids is 1. The molecule has 7 nitrogen and oxygen atoms in total.